The van der Waals surface area contributed by atoms with Crippen LogP contribution in [0.4, 0.5) is 0 Å². The first-order valence-electron chi connectivity index (χ1n) is 10.7. The van der Waals surface area contributed by atoms with Crippen molar-refractivity contribution < 1.29 is 19.2 Å². The van der Waals surface area contributed by atoms with Crippen molar-refractivity contribution in [2.75, 3.05) is 5.75 Å². The molecule has 0 saturated heterocycles. The molecule has 0 radical (unpaired) electrons. The van der Waals surface area contributed by atoms with Crippen LogP contribution in [-0.4, -0.2) is 40.6 Å². The zero-order chi connectivity index (χ0) is 23.5. The molecule has 2 amide bonds. The second-order valence-electron chi connectivity index (χ2n) is 7.99. The molecule has 2 aromatic rings. The fourth-order valence-corrected chi connectivity index (χ4v) is 4.99. The van der Waals surface area contributed by atoms with Crippen LogP contribution in [0.15, 0.2) is 53.9 Å². The maximum Gasteiger partial charge on any atom is 0.262 e. The number of nitrogens with one attached hydrogen (secondary N) is 1. The van der Waals surface area contributed by atoms with Gasteiger partial charge in [-0.25, -0.2) is 0 Å². The molecule has 1 N–H and O–H groups in total. The third kappa shape index (κ3) is 4.41. The highest BCUT2D eigenvalue weighted by molar-refractivity contribution is 7.99. The summed E-state index contributed by atoms with van der Waals surface area (Å²) >= 11 is 1.79. The summed E-state index contributed by atoms with van der Waals surface area (Å²) in [6, 6.07) is 10.3. The summed E-state index contributed by atoms with van der Waals surface area (Å²) in [5.74, 6) is -0.353. The molecule has 2 heterocycles. The monoisotopic (exact) mass is 460 g/mol. The van der Waals surface area contributed by atoms with Crippen LogP contribution in [0.1, 0.15) is 57.2 Å². The van der Waals surface area contributed by atoms with Gasteiger partial charge in [0.05, 0.1) is 17.2 Å². The number of imide groups is 1. The Morgan fingerprint density at radius 1 is 1.24 bits per heavy atom. The first-order chi connectivity index (χ1) is 15.9. The van der Waals surface area contributed by atoms with Crippen molar-refractivity contribution in [3.8, 4) is 0 Å². The average molecular weight is 461 g/mol. The van der Waals surface area contributed by atoms with Crippen LogP contribution in [0.5, 0.6) is 0 Å². The number of Topliss-reactive ketones (excluding diaryl/α,β-unsaturated/α-hetero) is 1. The fraction of sp³-hybridized carbons (Fsp3) is 0.231. The summed E-state index contributed by atoms with van der Waals surface area (Å²) in [5, 5.41) is 3.27. The van der Waals surface area contributed by atoms with E-state index in [9.17, 15) is 19.2 Å². The molecular weight excluding hydrogens is 436 g/mol. The van der Waals surface area contributed by atoms with E-state index in [2.05, 4.69) is 36.2 Å². The molecule has 0 aromatic heterocycles. The van der Waals surface area contributed by atoms with E-state index in [0.717, 1.165) is 21.8 Å². The number of thioether (sulfide) groups is 1. The van der Waals surface area contributed by atoms with Gasteiger partial charge in [-0.3, -0.25) is 19.3 Å². The van der Waals surface area contributed by atoms with Gasteiger partial charge in [-0.05, 0) is 48.2 Å². The Kier molecular flexibility index (Phi) is 6.60. The molecule has 1 unspecified atom stereocenters. The number of fused-ring (bicyclic) bond motifs is 2. The Morgan fingerprint density at radius 3 is 2.82 bits per heavy atom. The van der Waals surface area contributed by atoms with E-state index in [-0.39, 0.29) is 24.2 Å². The molecule has 0 saturated carbocycles. The number of ketones is 1. The van der Waals surface area contributed by atoms with Crippen molar-refractivity contribution in [3.05, 3.63) is 76.9 Å². The van der Waals surface area contributed by atoms with Crippen molar-refractivity contribution in [3.63, 3.8) is 0 Å². The Morgan fingerprint density at radius 2 is 2.06 bits per heavy atom. The predicted octanol–water partition coefficient (Wildman–Crippen LogP) is 4.10. The molecule has 6 nitrogen and oxygen atoms in total. The fourth-order valence-electron chi connectivity index (χ4n) is 4.16. The van der Waals surface area contributed by atoms with Crippen molar-refractivity contribution in [2.24, 2.45) is 0 Å². The van der Waals surface area contributed by atoms with Crippen LogP contribution >= 0.6 is 11.8 Å². The van der Waals surface area contributed by atoms with Crippen molar-refractivity contribution in [2.45, 2.75) is 37.2 Å². The predicted molar refractivity (Wildman–Crippen MR) is 129 cm³/mol. The number of hydrogen-bond donors (Lipinski definition) is 1. The maximum atomic E-state index is 13.2. The lowest BCUT2D eigenvalue weighted by atomic mass is 10.0. The van der Waals surface area contributed by atoms with Gasteiger partial charge in [0.15, 0.2) is 5.78 Å². The minimum Gasteiger partial charge on any atom is -0.381 e. The van der Waals surface area contributed by atoms with Crippen LogP contribution in [0.25, 0.3) is 11.8 Å². The van der Waals surface area contributed by atoms with Gasteiger partial charge in [0.2, 0.25) is 0 Å². The number of carbonyl (C=O) groups excluding carboxylic acids is 4. The lowest BCUT2D eigenvalue weighted by Crippen LogP contribution is -2.44. The van der Waals surface area contributed by atoms with E-state index in [4.69, 9.17) is 0 Å². The first kappa shape index (κ1) is 22.7. The summed E-state index contributed by atoms with van der Waals surface area (Å²) in [6.45, 7) is 5.77. The molecule has 0 spiro atoms. The van der Waals surface area contributed by atoms with Gasteiger partial charge in [0.1, 0.15) is 6.29 Å². The molecule has 0 aliphatic carbocycles. The van der Waals surface area contributed by atoms with Gasteiger partial charge in [0.25, 0.3) is 11.8 Å². The van der Waals surface area contributed by atoms with Gasteiger partial charge in [-0.15, -0.1) is 11.8 Å². The minimum absolute atomic E-state index is 0.0976. The Balaban J connectivity index is 1.54. The van der Waals surface area contributed by atoms with E-state index < -0.39 is 17.9 Å². The first-order valence-corrected chi connectivity index (χ1v) is 11.7. The van der Waals surface area contributed by atoms with E-state index >= 15 is 0 Å². The molecule has 2 aromatic carbocycles. The molecule has 7 heteroatoms. The topological polar surface area (TPSA) is 83.6 Å². The third-order valence-electron chi connectivity index (χ3n) is 5.85. The third-order valence-corrected chi connectivity index (χ3v) is 6.90. The smallest absolute Gasteiger partial charge is 0.262 e. The summed E-state index contributed by atoms with van der Waals surface area (Å²) in [6.07, 6.45) is 5.13. The summed E-state index contributed by atoms with van der Waals surface area (Å²) in [5.41, 5.74) is 4.03. The highest BCUT2D eigenvalue weighted by Gasteiger charge is 2.42. The molecule has 1 atom stereocenters. The van der Waals surface area contributed by atoms with Crippen LogP contribution in [0.2, 0.25) is 0 Å². The summed E-state index contributed by atoms with van der Waals surface area (Å²) in [4.78, 5) is 51.4. The zero-order valence-corrected chi connectivity index (χ0v) is 19.1. The normalized spacial score (nSPS) is 15.1. The van der Waals surface area contributed by atoms with E-state index in [1.807, 2.05) is 6.07 Å². The maximum absolute atomic E-state index is 13.2. The second kappa shape index (κ2) is 9.58. The van der Waals surface area contributed by atoms with Crippen LogP contribution in [0, 0.1) is 0 Å². The second-order valence-corrected chi connectivity index (χ2v) is 9.05. The number of nitrogens with zero attached hydrogens (tertiary/aromatic N) is 1. The van der Waals surface area contributed by atoms with E-state index in [1.54, 1.807) is 30.0 Å². The van der Waals surface area contributed by atoms with Crippen molar-refractivity contribution in [1.82, 2.24) is 10.2 Å². The lowest BCUT2D eigenvalue weighted by Gasteiger charge is -2.23. The van der Waals surface area contributed by atoms with Crippen molar-refractivity contribution >= 4 is 47.4 Å². The van der Waals surface area contributed by atoms with Crippen molar-refractivity contribution in [1.29, 1.82) is 0 Å². The molecule has 168 valence electrons. The molecule has 2 aliphatic rings. The van der Waals surface area contributed by atoms with E-state index in [1.165, 1.54) is 11.8 Å². The highest BCUT2D eigenvalue weighted by Crippen LogP contribution is 2.31. The van der Waals surface area contributed by atoms with Gasteiger partial charge >= 0.3 is 0 Å². The summed E-state index contributed by atoms with van der Waals surface area (Å²) in [7, 11) is 0. The molecular formula is C26H24N2O4S. The van der Waals surface area contributed by atoms with Crippen LogP contribution in [-0.2, 0) is 16.1 Å². The van der Waals surface area contributed by atoms with Crippen LogP contribution < -0.4 is 5.32 Å². The standard InChI is InChI=1S/C26H24N2O4S/c1-16(18-10-11-23-19(14-18)7-5-13-33-23)27-15-20-6-3-8-21-24(20)26(32)28(25(21)31)22(17(2)30)9-4-12-29/h3,5-8,10-12,14,22,27H,1,4,9,13,15H2,2H3. The number of benzene rings is 2. The average Bonchev–Trinajstić information content (AvgIpc) is 3.08. The SMILES string of the molecule is C=C(NCc1cccc2c1C(=O)N(C(CCC=O)C(C)=O)C2=O)c1ccc2c(c1)C=CCS2. The number of amides is 2. The molecule has 33 heavy (non-hydrogen) atoms. The molecule has 0 bridgehead atoms. The van der Waals surface area contributed by atoms with Gasteiger partial charge in [-0.2, -0.15) is 0 Å². The largest absolute Gasteiger partial charge is 0.381 e. The number of aldehydes is 1. The number of hydrogen-bond acceptors (Lipinski definition) is 6. The Hall–Kier alpha value is -3.45. The minimum atomic E-state index is -0.945. The van der Waals surface area contributed by atoms with Gasteiger partial charge in [0, 0.05) is 29.3 Å². The van der Waals surface area contributed by atoms with Gasteiger partial charge < -0.3 is 10.1 Å². The lowest BCUT2D eigenvalue weighted by molar-refractivity contribution is -0.121. The molecule has 4 rings (SSSR count). The Bertz CT molecular complexity index is 1200. The number of rotatable bonds is 9. The number of carbonyl (C=O) groups is 4. The van der Waals surface area contributed by atoms with Crippen LogP contribution in [0.3, 0.4) is 0 Å². The highest BCUT2D eigenvalue weighted by atomic mass is 32.2. The quantitative estimate of drug-likeness (QED) is 0.448. The van der Waals surface area contributed by atoms with Gasteiger partial charge in [-0.1, -0.05) is 36.9 Å². The zero-order valence-electron chi connectivity index (χ0n) is 18.3. The summed E-state index contributed by atoms with van der Waals surface area (Å²) < 4.78 is 0. The molecule has 0 fully saturated rings. The van der Waals surface area contributed by atoms with E-state index in [0.29, 0.717) is 29.7 Å². The molecule has 2 aliphatic heterocycles. The Labute approximate surface area is 196 Å².